The van der Waals surface area contributed by atoms with Crippen LogP contribution in [-0.2, 0) is 4.74 Å². The molecule has 0 bridgehead atoms. The molecule has 0 aromatic carbocycles. The first-order chi connectivity index (χ1) is 9.99. The molecule has 0 atom stereocenters. The molecule has 1 rings (SSSR count). The lowest BCUT2D eigenvalue weighted by atomic mass is 9.79. The van der Waals surface area contributed by atoms with Crippen LogP contribution in [0, 0.1) is 5.41 Å². The number of nitrogens with one attached hydrogen (secondary N) is 1. The van der Waals surface area contributed by atoms with Crippen LogP contribution in [0.1, 0.15) is 66.2 Å². The van der Waals surface area contributed by atoms with Crippen LogP contribution in [0.3, 0.4) is 0 Å². The van der Waals surface area contributed by atoms with Crippen LogP contribution in [0.2, 0.25) is 0 Å². The van der Waals surface area contributed by atoms with Gasteiger partial charge in [-0.25, -0.2) is 0 Å². The molecule has 1 N–H and O–H groups in total. The first kappa shape index (κ1) is 18.9. The Morgan fingerprint density at radius 2 is 1.67 bits per heavy atom. The molecule has 1 fully saturated rings. The van der Waals surface area contributed by atoms with Crippen LogP contribution in [0.4, 0.5) is 0 Å². The number of hydrogen-bond acceptors (Lipinski definition) is 3. The monoisotopic (exact) mass is 298 g/mol. The molecule has 0 spiro atoms. The summed E-state index contributed by atoms with van der Waals surface area (Å²) in [6, 6.07) is 1.18. The molecular weight excluding hydrogens is 260 g/mol. The predicted octanol–water partition coefficient (Wildman–Crippen LogP) is 3.68. The van der Waals surface area contributed by atoms with Crippen molar-refractivity contribution in [3.8, 4) is 0 Å². The van der Waals surface area contributed by atoms with Crippen LogP contribution >= 0.6 is 0 Å². The average molecular weight is 299 g/mol. The van der Waals surface area contributed by atoms with Crippen LogP contribution in [0.5, 0.6) is 0 Å². The summed E-state index contributed by atoms with van der Waals surface area (Å²) in [6.45, 7) is 13.4. The average Bonchev–Trinajstić information content (AvgIpc) is 2.67. The highest BCUT2D eigenvalue weighted by Gasteiger charge is 2.33. The smallest absolute Gasteiger partial charge is 0.0589 e. The van der Waals surface area contributed by atoms with Gasteiger partial charge in [0.05, 0.1) is 6.61 Å². The van der Waals surface area contributed by atoms with E-state index in [4.69, 9.17) is 4.74 Å². The van der Waals surface area contributed by atoms with Crippen LogP contribution in [0.25, 0.3) is 0 Å². The largest absolute Gasteiger partial charge is 0.383 e. The van der Waals surface area contributed by atoms with E-state index in [1.54, 1.807) is 7.11 Å². The molecule has 0 aliphatic heterocycles. The van der Waals surface area contributed by atoms with Gasteiger partial charge < -0.3 is 10.1 Å². The lowest BCUT2D eigenvalue weighted by Crippen LogP contribution is -2.48. The molecule has 0 radical (unpaired) electrons. The maximum absolute atomic E-state index is 5.31. The van der Waals surface area contributed by atoms with Crippen LogP contribution in [-0.4, -0.2) is 50.3 Å². The molecule has 0 amide bonds. The van der Waals surface area contributed by atoms with E-state index in [9.17, 15) is 0 Å². The molecule has 0 saturated heterocycles. The Morgan fingerprint density at radius 3 is 2.14 bits per heavy atom. The topological polar surface area (TPSA) is 24.5 Å². The molecule has 21 heavy (non-hydrogen) atoms. The van der Waals surface area contributed by atoms with Crippen molar-refractivity contribution in [3.63, 3.8) is 0 Å². The summed E-state index contributed by atoms with van der Waals surface area (Å²) in [6.07, 6.45) is 8.39. The number of methoxy groups -OCH3 is 1. The van der Waals surface area contributed by atoms with Gasteiger partial charge in [-0.3, -0.25) is 4.90 Å². The van der Waals surface area contributed by atoms with Gasteiger partial charge in [-0.05, 0) is 32.1 Å². The van der Waals surface area contributed by atoms with E-state index >= 15 is 0 Å². The minimum absolute atomic E-state index is 0.457. The molecule has 0 aromatic heterocycles. The lowest BCUT2D eigenvalue weighted by Gasteiger charge is -2.40. The quantitative estimate of drug-likeness (QED) is 0.657. The highest BCUT2D eigenvalue weighted by molar-refractivity contribution is 4.88. The SMILES string of the molecule is COCCN(CC1(CNC(C)C)CCCCCC1)C(C)C. The van der Waals surface area contributed by atoms with Gasteiger partial charge in [0.2, 0.25) is 0 Å². The summed E-state index contributed by atoms with van der Waals surface area (Å²) in [5, 5.41) is 3.73. The fourth-order valence-electron chi connectivity index (χ4n) is 3.45. The Labute approximate surface area is 132 Å². The fraction of sp³-hybridized carbons (Fsp3) is 1.00. The van der Waals surface area contributed by atoms with Gasteiger partial charge in [-0.15, -0.1) is 0 Å². The van der Waals surface area contributed by atoms with E-state index in [2.05, 4.69) is 37.9 Å². The molecule has 0 aromatic rings. The summed E-state index contributed by atoms with van der Waals surface area (Å²) in [4.78, 5) is 2.62. The van der Waals surface area contributed by atoms with Crippen molar-refractivity contribution in [2.45, 2.75) is 78.3 Å². The second-order valence-electron chi connectivity index (χ2n) is 7.51. The predicted molar refractivity (Wildman–Crippen MR) is 91.9 cm³/mol. The number of ether oxygens (including phenoxy) is 1. The highest BCUT2D eigenvalue weighted by Crippen LogP contribution is 2.36. The van der Waals surface area contributed by atoms with E-state index in [-0.39, 0.29) is 0 Å². The van der Waals surface area contributed by atoms with E-state index in [0.29, 0.717) is 17.5 Å². The minimum atomic E-state index is 0.457. The summed E-state index contributed by atoms with van der Waals surface area (Å²) in [5.74, 6) is 0. The van der Waals surface area contributed by atoms with Crippen molar-refractivity contribution in [3.05, 3.63) is 0 Å². The zero-order valence-corrected chi connectivity index (χ0v) is 15.1. The molecule has 3 heteroatoms. The lowest BCUT2D eigenvalue weighted by molar-refractivity contribution is 0.0730. The van der Waals surface area contributed by atoms with Crippen molar-refractivity contribution < 1.29 is 4.74 Å². The van der Waals surface area contributed by atoms with Gasteiger partial charge in [0, 0.05) is 38.8 Å². The fourth-order valence-corrected chi connectivity index (χ4v) is 3.45. The Bertz CT molecular complexity index is 258. The Morgan fingerprint density at radius 1 is 1.05 bits per heavy atom. The molecule has 0 heterocycles. The van der Waals surface area contributed by atoms with Crippen molar-refractivity contribution in [2.75, 3.05) is 33.4 Å². The van der Waals surface area contributed by atoms with Crippen molar-refractivity contribution in [1.82, 2.24) is 10.2 Å². The van der Waals surface area contributed by atoms with Gasteiger partial charge in [-0.1, -0.05) is 39.5 Å². The molecule has 126 valence electrons. The highest BCUT2D eigenvalue weighted by atomic mass is 16.5. The van der Waals surface area contributed by atoms with Gasteiger partial charge in [-0.2, -0.15) is 0 Å². The van der Waals surface area contributed by atoms with Crippen molar-refractivity contribution in [2.24, 2.45) is 5.41 Å². The second kappa shape index (κ2) is 9.81. The van der Waals surface area contributed by atoms with E-state index in [1.165, 1.54) is 51.6 Å². The van der Waals surface area contributed by atoms with E-state index in [0.717, 1.165) is 13.2 Å². The van der Waals surface area contributed by atoms with Gasteiger partial charge >= 0.3 is 0 Å². The van der Waals surface area contributed by atoms with Gasteiger partial charge in [0.15, 0.2) is 0 Å². The van der Waals surface area contributed by atoms with Crippen molar-refractivity contribution >= 4 is 0 Å². The Hall–Kier alpha value is -0.120. The van der Waals surface area contributed by atoms with Crippen molar-refractivity contribution in [1.29, 1.82) is 0 Å². The zero-order chi connectivity index (χ0) is 15.7. The summed E-state index contributed by atoms with van der Waals surface area (Å²) < 4.78 is 5.31. The second-order valence-corrected chi connectivity index (χ2v) is 7.51. The standard InChI is InChI=1S/C18H38N2O/c1-16(2)19-14-18(10-8-6-7-9-11-18)15-20(17(3)4)12-13-21-5/h16-17,19H,6-15H2,1-5H3. The first-order valence-electron chi connectivity index (χ1n) is 8.95. The van der Waals surface area contributed by atoms with Crippen LogP contribution < -0.4 is 5.32 Å². The number of hydrogen-bond donors (Lipinski definition) is 1. The summed E-state index contributed by atoms with van der Waals surface area (Å²) in [7, 11) is 1.81. The van der Waals surface area contributed by atoms with Crippen LogP contribution in [0.15, 0.2) is 0 Å². The first-order valence-corrected chi connectivity index (χ1v) is 8.95. The number of nitrogens with zero attached hydrogens (tertiary/aromatic N) is 1. The summed E-state index contributed by atoms with van der Waals surface area (Å²) in [5.41, 5.74) is 0.457. The van der Waals surface area contributed by atoms with E-state index < -0.39 is 0 Å². The summed E-state index contributed by atoms with van der Waals surface area (Å²) >= 11 is 0. The van der Waals surface area contributed by atoms with Gasteiger partial charge in [0.25, 0.3) is 0 Å². The third-order valence-electron chi connectivity index (χ3n) is 4.90. The molecule has 1 aliphatic carbocycles. The normalized spacial score (nSPS) is 19.4. The zero-order valence-electron chi connectivity index (χ0n) is 15.1. The maximum atomic E-state index is 5.31. The molecular formula is C18H38N2O. The van der Waals surface area contributed by atoms with E-state index in [1.807, 2.05) is 0 Å². The molecule has 0 unspecified atom stereocenters. The number of rotatable bonds is 9. The molecule has 3 nitrogen and oxygen atoms in total. The maximum Gasteiger partial charge on any atom is 0.0589 e. The third kappa shape index (κ3) is 7.12. The molecule has 1 saturated carbocycles. The minimum Gasteiger partial charge on any atom is -0.383 e. The third-order valence-corrected chi connectivity index (χ3v) is 4.90. The Kier molecular flexibility index (Phi) is 8.84. The molecule has 1 aliphatic rings. The van der Waals surface area contributed by atoms with Gasteiger partial charge in [0.1, 0.15) is 0 Å². The Balaban J connectivity index is 2.72.